The molecule has 0 spiro atoms. The van der Waals surface area contributed by atoms with Gasteiger partial charge < -0.3 is 15.2 Å². The number of hydrogen-bond donors (Lipinski definition) is 2. The molecule has 0 fully saturated rings. The summed E-state index contributed by atoms with van der Waals surface area (Å²) in [5.74, 6) is -0.136. The summed E-state index contributed by atoms with van der Waals surface area (Å²) in [6.45, 7) is 9.47. The third-order valence-corrected chi connectivity index (χ3v) is 7.32. The molecule has 0 saturated carbocycles. The van der Waals surface area contributed by atoms with Gasteiger partial charge in [-0.25, -0.2) is 4.79 Å². The minimum absolute atomic E-state index is 0.0119. The highest BCUT2D eigenvalue weighted by molar-refractivity contribution is 8.00. The van der Waals surface area contributed by atoms with Gasteiger partial charge in [0.15, 0.2) is 0 Å². The molecule has 2 aliphatic heterocycles. The number of halogens is 3. The molecule has 0 aliphatic carbocycles. The molecule has 2 aliphatic rings. The van der Waals surface area contributed by atoms with Gasteiger partial charge in [-0.1, -0.05) is 24.6 Å². The molecule has 4 nitrogen and oxygen atoms in total. The van der Waals surface area contributed by atoms with Crippen LogP contribution in [0.5, 0.6) is 0 Å². The fraction of sp³-hybridized carbons (Fsp3) is 0.458. The highest BCUT2D eigenvalue weighted by Crippen LogP contribution is 2.37. The molecule has 2 N–H and O–H groups in total. The highest BCUT2D eigenvalue weighted by atomic mass is 32.2. The van der Waals surface area contributed by atoms with Gasteiger partial charge in [-0.2, -0.15) is 13.2 Å². The van der Waals surface area contributed by atoms with Crippen molar-refractivity contribution in [1.29, 1.82) is 0 Å². The number of dihydropyridines is 1. The fourth-order valence-corrected chi connectivity index (χ4v) is 5.16. The number of esters is 1. The van der Waals surface area contributed by atoms with E-state index in [4.69, 9.17) is 4.74 Å². The lowest BCUT2D eigenvalue weighted by molar-refractivity contribution is -0.145. The third kappa shape index (κ3) is 5.17. The first-order chi connectivity index (χ1) is 14.8. The van der Waals surface area contributed by atoms with Crippen LogP contribution >= 0.6 is 11.8 Å². The number of alkyl halides is 3. The second-order valence-corrected chi connectivity index (χ2v) is 10.2. The number of thioether (sulfide) groups is 1. The fourth-order valence-electron chi connectivity index (χ4n) is 4.03. The van der Waals surface area contributed by atoms with Gasteiger partial charge >= 0.3 is 12.1 Å². The van der Waals surface area contributed by atoms with Gasteiger partial charge in [0, 0.05) is 24.3 Å². The number of carbonyl (C=O) groups is 1. The second kappa shape index (κ2) is 8.89. The number of aliphatic hydroxyl groups excluding tert-OH is 1. The number of nitrogens with one attached hydrogen (secondary N) is 1. The number of ether oxygens (including phenoxy) is 1. The molecule has 1 aromatic rings. The van der Waals surface area contributed by atoms with Crippen molar-refractivity contribution in [3.63, 3.8) is 0 Å². The number of hydrogen-bond acceptors (Lipinski definition) is 5. The van der Waals surface area contributed by atoms with E-state index in [1.807, 2.05) is 39.8 Å². The zero-order valence-electron chi connectivity index (χ0n) is 18.8. The minimum atomic E-state index is -4.39. The standard InChI is InChI=1S/C24H28F3NO3S/c1-13-8-14(2)20(15(3)9-13)21-18(29)10-19(31-22(21)30)16(4)12-32-23(5)7-6-17(11-28-23)24(25,26)27/h6-9,11,16,19,28-29H,10,12H2,1-5H3. The van der Waals surface area contributed by atoms with Gasteiger partial charge in [-0.3, -0.25) is 0 Å². The maximum Gasteiger partial charge on any atom is 0.417 e. The van der Waals surface area contributed by atoms with Crippen LogP contribution in [0, 0.1) is 26.7 Å². The molecule has 0 amide bonds. The Balaban J connectivity index is 1.68. The molecular formula is C24H28F3NO3S. The first-order valence-electron chi connectivity index (χ1n) is 10.4. The summed E-state index contributed by atoms with van der Waals surface area (Å²) in [7, 11) is 0. The minimum Gasteiger partial charge on any atom is -0.511 e. The van der Waals surface area contributed by atoms with Crippen molar-refractivity contribution in [3.8, 4) is 0 Å². The van der Waals surface area contributed by atoms with Crippen molar-refractivity contribution in [2.24, 2.45) is 5.92 Å². The largest absolute Gasteiger partial charge is 0.511 e. The van der Waals surface area contributed by atoms with Gasteiger partial charge in [0.05, 0.1) is 10.4 Å². The smallest absolute Gasteiger partial charge is 0.417 e. The van der Waals surface area contributed by atoms with E-state index in [-0.39, 0.29) is 23.7 Å². The molecule has 174 valence electrons. The third-order valence-electron chi connectivity index (χ3n) is 5.78. The maximum atomic E-state index is 12.8. The van der Waals surface area contributed by atoms with Crippen molar-refractivity contribution in [2.75, 3.05) is 5.75 Å². The zero-order chi connectivity index (χ0) is 23.8. The summed E-state index contributed by atoms with van der Waals surface area (Å²) in [6.07, 6.45) is -1.17. The van der Waals surface area contributed by atoms with Gasteiger partial charge in [0.1, 0.15) is 17.4 Å². The monoisotopic (exact) mass is 467 g/mol. The number of cyclic esters (lactones) is 1. The van der Waals surface area contributed by atoms with Gasteiger partial charge in [0.2, 0.25) is 0 Å². The van der Waals surface area contributed by atoms with Gasteiger partial charge in [-0.05, 0) is 56.5 Å². The molecule has 3 atom stereocenters. The van der Waals surface area contributed by atoms with Gasteiger partial charge in [0.25, 0.3) is 0 Å². The van der Waals surface area contributed by atoms with E-state index in [1.165, 1.54) is 17.8 Å². The Morgan fingerprint density at radius 2 is 1.91 bits per heavy atom. The van der Waals surface area contributed by atoms with E-state index in [1.54, 1.807) is 6.92 Å². The summed E-state index contributed by atoms with van der Waals surface area (Å²) >= 11 is 1.42. The maximum absolute atomic E-state index is 12.8. The van der Waals surface area contributed by atoms with Crippen LogP contribution in [0.15, 0.2) is 41.8 Å². The van der Waals surface area contributed by atoms with E-state index >= 15 is 0 Å². The molecule has 0 saturated heterocycles. The number of rotatable bonds is 5. The Morgan fingerprint density at radius 1 is 1.28 bits per heavy atom. The van der Waals surface area contributed by atoms with E-state index in [0.29, 0.717) is 11.3 Å². The van der Waals surface area contributed by atoms with Crippen LogP contribution < -0.4 is 5.32 Å². The molecule has 2 heterocycles. The Labute approximate surface area is 190 Å². The summed E-state index contributed by atoms with van der Waals surface area (Å²) in [4.78, 5) is 12.1. The number of benzene rings is 1. The van der Waals surface area contributed by atoms with Crippen molar-refractivity contribution in [1.82, 2.24) is 5.32 Å². The van der Waals surface area contributed by atoms with Crippen LogP contribution in [-0.4, -0.2) is 34.0 Å². The van der Waals surface area contributed by atoms with E-state index < -0.39 is 28.7 Å². The summed E-state index contributed by atoms with van der Waals surface area (Å²) in [5, 5.41) is 13.5. The van der Waals surface area contributed by atoms with Crippen molar-refractivity contribution >= 4 is 23.3 Å². The molecular weight excluding hydrogens is 439 g/mol. The molecule has 0 bridgehead atoms. The predicted molar refractivity (Wildman–Crippen MR) is 121 cm³/mol. The van der Waals surface area contributed by atoms with Crippen molar-refractivity contribution in [2.45, 2.75) is 58.2 Å². The highest BCUT2D eigenvalue weighted by Gasteiger charge is 2.37. The number of allylic oxidation sites excluding steroid dienone is 2. The number of aliphatic hydroxyl groups is 1. The SMILES string of the molecule is Cc1cc(C)c(C2=C(O)CC(C(C)CSC3(C)C=CC(C(F)(F)F)=CN3)OC2=O)c(C)c1. The summed E-state index contributed by atoms with van der Waals surface area (Å²) < 4.78 is 44.1. The van der Waals surface area contributed by atoms with Crippen LogP contribution in [0.1, 0.15) is 42.5 Å². The summed E-state index contributed by atoms with van der Waals surface area (Å²) in [5.41, 5.74) is 3.07. The van der Waals surface area contributed by atoms with Crippen molar-refractivity contribution in [3.05, 3.63) is 64.1 Å². The quantitative estimate of drug-likeness (QED) is 0.529. The molecule has 3 rings (SSSR count). The number of aryl methyl sites for hydroxylation is 3. The normalized spacial score (nSPS) is 24.7. The first-order valence-corrected chi connectivity index (χ1v) is 11.4. The van der Waals surface area contributed by atoms with E-state index in [0.717, 1.165) is 29.0 Å². The van der Waals surface area contributed by atoms with Crippen LogP contribution in [0.3, 0.4) is 0 Å². The van der Waals surface area contributed by atoms with E-state index in [2.05, 4.69) is 5.32 Å². The van der Waals surface area contributed by atoms with Crippen LogP contribution in [0.4, 0.5) is 13.2 Å². The van der Waals surface area contributed by atoms with Gasteiger partial charge in [-0.15, -0.1) is 11.8 Å². The molecule has 3 unspecified atom stereocenters. The van der Waals surface area contributed by atoms with Crippen LogP contribution in [0.2, 0.25) is 0 Å². The van der Waals surface area contributed by atoms with Crippen LogP contribution in [-0.2, 0) is 9.53 Å². The second-order valence-electron chi connectivity index (χ2n) is 8.71. The summed E-state index contributed by atoms with van der Waals surface area (Å²) in [6, 6.07) is 3.93. The Kier molecular flexibility index (Phi) is 6.75. The Bertz CT molecular complexity index is 989. The molecule has 1 aromatic carbocycles. The van der Waals surface area contributed by atoms with Crippen molar-refractivity contribution < 1.29 is 27.8 Å². The van der Waals surface area contributed by atoms with E-state index in [9.17, 15) is 23.1 Å². The zero-order valence-corrected chi connectivity index (χ0v) is 19.6. The molecule has 32 heavy (non-hydrogen) atoms. The topological polar surface area (TPSA) is 58.6 Å². The molecule has 8 heteroatoms. The first kappa shape index (κ1) is 24.3. The Hall–Kier alpha value is -2.35. The lowest BCUT2D eigenvalue weighted by Gasteiger charge is -2.33. The molecule has 0 radical (unpaired) electrons. The average molecular weight is 468 g/mol. The van der Waals surface area contributed by atoms with Crippen LogP contribution in [0.25, 0.3) is 5.57 Å². The molecule has 0 aromatic heterocycles. The lowest BCUT2D eigenvalue weighted by Crippen LogP contribution is -2.39. The number of carbonyl (C=O) groups excluding carboxylic acids is 1. The predicted octanol–water partition coefficient (Wildman–Crippen LogP) is 5.89. The lowest BCUT2D eigenvalue weighted by atomic mass is 9.89. The average Bonchev–Trinajstić information content (AvgIpc) is 2.67. The Morgan fingerprint density at radius 3 is 2.41 bits per heavy atom.